The van der Waals surface area contributed by atoms with E-state index in [2.05, 4.69) is 20.6 Å². The van der Waals surface area contributed by atoms with Crippen LogP contribution in [0.15, 0.2) is 27.4 Å². The number of hydrogen-bond donors (Lipinski definition) is 3. The van der Waals surface area contributed by atoms with Crippen molar-refractivity contribution in [1.29, 1.82) is 0 Å². The summed E-state index contributed by atoms with van der Waals surface area (Å²) in [5, 5.41) is 31.7. The van der Waals surface area contributed by atoms with E-state index in [0.29, 0.717) is 0 Å². The van der Waals surface area contributed by atoms with Crippen LogP contribution >= 0.6 is 0 Å². The van der Waals surface area contributed by atoms with Crippen LogP contribution in [0.25, 0.3) is 22.6 Å². The fourth-order valence-electron chi connectivity index (χ4n) is 1.63. The van der Waals surface area contributed by atoms with Crippen LogP contribution in [0, 0.1) is 0 Å². The van der Waals surface area contributed by atoms with Crippen molar-refractivity contribution in [3.05, 3.63) is 28.4 Å². The van der Waals surface area contributed by atoms with Crippen LogP contribution in [0.2, 0.25) is 0 Å². The summed E-state index contributed by atoms with van der Waals surface area (Å²) >= 11 is 0. The Morgan fingerprint density at radius 2 is 2.06 bits per heavy atom. The number of tetrazole rings is 1. The number of hydrogen-bond acceptors (Lipinski definition) is 7. The van der Waals surface area contributed by atoms with Crippen LogP contribution in [-0.2, 0) is 0 Å². The fourth-order valence-corrected chi connectivity index (χ4v) is 1.63. The second kappa shape index (κ2) is 3.55. The molecule has 0 atom stereocenters. The zero-order chi connectivity index (χ0) is 12.7. The van der Waals surface area contributed by atoms with Crippen LogP contribution in [0.4, 0.5) is 0 Å². The Hall–Kier alpha value is -2.90. The molecule has 8 heteroatoms. The van der Waals surface area contributed by atoms with Gasteiger partial charge in [0.15, 0.2) is 11.2 Å². The summed E-state index contributed by atoms with van der Waals surface area (Å²) in [6.45, 7) is 0. The number of H-pyrrole nitrogens is 1. The van der Waals surface area contributed by atoms with E-state index in [-0.39, 0.29) is 34.1 Å². The van der Waals surface area contributed by atoms with E-state index in [4.69, 9.17) is 4.42 Å². The van der Waals surface area contributed by atoms with Gasteiger partial charge >= 0.3 is 0 Å². The van der Waals surface area contributed by atoms with E-state index in [1.807, 2.05) is 0 Å². The standard InChI is InChI=1S/C10H6N4O4/c15-4-1-5(16)9-6(17)3-8(18-7(9)2-4)10-11-13-14-12-10/h1-3,15-16H,(H,11,12,13,14). The molecule has 90 valence electrons. The molecular weight excluding hydrogens is 240 g/mol. The third-order valence-corrected chi connectivity index (χ3v) is 2.37. The van der Waals surface area contributed by atoms with Gasteiger partial charge < -0.3 is 14.6 Å². The van der Waals surface area contributed by atoms with Gasteiger partial charge in [0.1, 0.15) is 22.5 Å². The molecule has 0 amide bonds. The predicted octanol–water partition coefficient (Wildman–Crippen LogP) is 0.384. The summed E-state index contributed by atoms with van der Waals surface area (Å²) < 4.78 is 5.35. The number of aromatic amines is 1. The SMILES string of the molecule is O=c1cc(-c2nnn[nH]2)oc2cc(O)cc(O)c12. The normalized spacial score (nSPS) is 10.9. The van der Waals surface area contributed by atoms with Crippen molar-refractivity contribution in [3.63, 3.8) is 0 Å². The van der Waals surface area contributed by atoms with Gasteiger partial charge in [-0.05, 0) is 10.4 Å². The molecule has 2 heterocycles. The van der Waals surface area contributed by atoms with E-state index >= 15 is 0 Å². The minimum Gasteiger partial charge on any atom is -0.508 e. The molecule has 0 aliphatic carbocycles. The van der Waals surface area contributed by atoms with Crippen LogP contribution in [-0.4, -0.2) is 30.8 Å². The van der Waals surface area contributed by atoms with Gasteiger partial charge in [-0.1, -0.05) is 0 Å². The van der Waals surface area contributed by atoms with Crippen LogP contribution in [0.3, 0.4) is 0 Å². The lowest BCUT2D eigenvalue weighted by Gasteiger charge is -2.02. The second-order valence-corrected chi connectivity index (χ2v) is 3.56. The third-order valence-electron chi connectivity index (χ3n) is 2.37. The molecule has 3 rings (SSSR count). The van der Waals surface area contributed by atoms with Crippen molar-refractivity contribution in [2.75, 3.05) is 0 Å². The maximum absolute atomic E-state index is 11.8. The summed E-state index contributed by atoms with van der Waals surface area (Å²) in [4.78, 5) is 11.8. The Balaban J connectivity index is 2.37. The van der Waals surface area contributed by atoms with Crippen molar-refractivity contribution < 1.29 is 14.6 Å². The third kappa shape index (κ3) is 1.47. The molecule has 2 aromatic heterocycles. The molecule has 3 aromatic rings. The van der Waals surface area contributed by atoms with E-state index in [0.717, 1.165) is 12.1 Å². The molecule has 0 spiro atoms. The van der Waals surface area contributed by atoms with Gasteiger partial charge in [0.25, 0.3) is 0 Å². The Kier molecular flexibility index (Phi) is 2.03. The highest BCUT2D eigenvalue weighted by Gasteiger charge is 2.13. The first-order chi connectivity index (χ1) is 8.65. The van der Waals surface area contributed by atoms with E-state index < -0.39 is 5.43 Å². The van der Waals surface area contributed by atoms with E-state index in [1.165, 1.54) is 6.07 Å². The number of nitrogens with one attached hydrogen (secondary N) is 1. The monoisotopic (exact) mass is 246 g/mol. The topological polar surface area (TPSA) is 125 Å². The van der Waals surface area contributed by atoms with Gasteiger partial charge in [0, 0.05) is 18.2 Å². The molecule has 0 unspecified atom stereocenters. The summed E-state index contributed by atoms with van der Waals surface area (Å²) in [5.41, 5.74) is -0.411. The Morgan fingerprint density at radius 1 is 1.22 bits per heavy atom. The first-order valence-corrected chi connectivity index (χ1v) is 4.89. The first-order valence-electron chi connectivity index (χ1n) is 4.89. The van der Waals surface area contributed by atoms with Gasteiger partial charge in [0.2, 0.25) is 5.82 Å². The number of aromatic nitrogens is 4. The van der Waals surface area contributed by atoms with Gasteiger partial charge in [-0.3, -0.25) is 4.79 Å². The first kappa shape index (κ1) is 10.3. The smallest absolute Gasteiger partial charge is 0.215 e. The maximum Gasteiger partial charge on any atom is 0.215 e. The number of phenolic OH excluding ortho intramolecular Hbond substituents is 2. The van der Waals surface area contributed by atoms with Gasteiger partial charge in [-0.2, -0.15) is 0 Å². The van der Waals surface area contributed by atoms with Crippen molar-refractivity contribution in [2.45, 2.75) is 0 Å². The van der Waals surface area contributed by atoms with Gasteiger partial charge in [-0.25, -0.2) is 5.10 Å². The summed E-state index contributed by atoms with van der Waals surface area (Å²) in [5.74, 6) is -0.267. The Morgan fingerprint density at radius 3 is 2.78 bits per heavy atom. The Bertz CT molecular complexity index is 778. The molecular formula is C10H6N4O4. The molecule has 0 saturated heterocycles. The molecule has 0 radical (unpaired) electrons. The van der Waals surface area contributed by atoms with Crippen molar-refractivity contribution in [2.24, 2.45) is 0 Å². The fraction of sp³-hybridized carbons (Fsp3) is 0. The molecule has 0 aliphatic rings. The maximum atomic E-state index is 11.8. The van der Waals surface area contributed by atoms with Crippen LogP contribution < -0.4 is 5.43 Å². The second-order valence-electron chi connectivity index (χ2n) is 3.56. The molecule has 1 aromatic carbocycles. The molecule has 0 aliphatic heterocycles. The number of fused-ring (bicyclic) bond motifs is 1. The van der Waals surface area contributed by atoms with Crippen molar-refractivity contribution >= 4 is 11.0 Å². The average Bonchev–Trinajstić information content (AvgIpc) is 2.80. The summed E-state index contributed by atoms with van der Waals surface area (Å²) in [6, 6.07) is 3.44. The predicted molar refractivity (Wildman–Crippen MR) is 59.0 cm³/mol. The number of phenols is 2. The number of nitrogens with zero attached hydrogens (tertiary/aromatic N) is 3. The highest BCUT2D eigenvalue weighted by molar-refractivity contribution is 5.85. The van der Waals surface area contributed by atoms with E-state index in [9.17, 15) is 15.0 Å². The lowest BCUT2D eigenvalue weighted by Crippen LogP contribution is -2.01. The molecule has 8 nitrogen and oxygen atoms in total. The number of aromatic hydroxyl groups is 2. The zero-order valence-corrected chi connectivity index (χ0v) is 8.78. The average molecular weight is 246 g/mol. The Labute approximate surface area is 98.5 Å². The lowest BCUT2D eigenvalue weighted by atomic mass is 10.2. The number of benzene rings is 1. The molecule has 3 N–H and O–H groups in total. The molecule has 0 saturated carbocycles. The van der Waals surface area contributed by atoms with Gasteiger partial charge in [0.05, 0.1) is 0 Å². The largest absolute Gasteiger partial charge is 0.508 e. The molecule has 0 bridgehead atoms. The molecule has 0 fully saturated rings. The summed E-state index contributed by atoms with van der Waals surface area (Å²) in [7, 11) is 0. The lowest BCUT2D eigenvalue weighted by molar-refractivity contribution is 0.452. The highest BCUT2D eigenvalue weighted by atomic mass is 16.3. The molecule has 18 heavy (non-hydrogen) atoms. The highest BCUT2D eigenvalue weighted by Crippen LogP contribution is 2.29. The minimum atomic E-state index is -0.458. The quantitative estimate of drug-likeness (QED) is 0.566. The van der Waals surface area contributed by atoms with Crippen molar-refractivity contribution in [3.8, 4) is 23.1 Å². The van der Waals surface area contributed by atoms with E-state index in [1.54, 1.807) is 0 Å². The number of rotatable bonds is 1. The zero-order valence-electron chi connectivity index (χ0n) is 8.78. The van der Waals surface area contributed by atoms with Crippen LogP contribution in [0.5, 0.6) is 11.5 Å². The minimum absolute atomic E-state index is 0.0102. The van der Waals surface area contributed by atoms with Crippen LogP contribution in [0.1, 0.15) is 0 Å². The van der Waals surface area contributed by atoms with Crippen molar-refractivity contribution in [1.82, 2.24) is 20.6 Å². The van der Waals surface area contributed by atoms with Gasteiger partial charge in [-0.15, -0.1) is 5.10 Å². The summed E-state index contributed by atoms with van der Waals surface area (Å²) in [6.07, 6.45) is 0.